The first kappa shape index (κ1) is 15.7. The van der Waals surface area contributed by atoms with Gasteiger partial charge in [-0.05, 0) is 18.2 Å². The van der Waals surface area contributed by atoms with Crippen LogP contribution in [0.2, 0.25) is 0 Å². The Morgan fingerprint density at radius 3 is 2.74 bits per heavy atom. The maximum Gasteiger partial charge on any atom is 0.338 e. The van der Waals surface area contributed by atoms with Crippen molar-refractivity contribution in [2.24, 2.45) is 0 Å². The molecule has 1 N–H and O–H groups in total. The van der Waals surface area contributed by atoms with Gasteiger partial charge in [0.1, 0.15) is 5.82 Å². The Bertz CT molecular complexity index is 463. The molecule has 0 aliphatic heterocycles. The van der Waals surface area contributed by atoms with Gasteiger partial charge in [0.05, 0.1) is 41.9 Å². The molecule has 0 spiro atoms. The van der Waals surface area contributed by atoms with Crippen LogP contribution in [0.1, 0.15) is 10.4 Å². The lowest BCUT2D eigenvalue weighted by Gasteiger charge is -2.05. The molecule has 19 heavy (non-hydrogen) atoms. The number of halogens is 1. The summed E-state index contributed by atoms with van der Waals surface area (Å²) in [6.45, 7) is 1.11. The minimum absolute atomic E-state index is 0.217. The molecule has 0 aromatic heterocycles. The number of methoxy groups -OCH3 is 1. The smallest absolute Gasteiger partial charge is 0.338 e. The van der Waals surface area contributed by atoms with Crippen LogP contribution < -0.4 is 0 Å². The monoisotopic (exact) mass is 290 g/mol. The molecule has 5 nitrogen and oxygen atoms in total. The highest BCUT2D eigenvalue weighted by molar-refractivity contribution is 7.85. The van der Waals surface area contributed by atoms with E-state index in [-0.39, 0.29) is 17.3 Å². The summed E-state index contributed by atoms with van der Waals surface area (Å²) in [7, 11) is 0.129. The molecule has 0 saturated carbocycles. The van der Waals surface area contributed by atoms with Gasteiger partial charge >= 0.3 is 5.97 Å². The maximum atomic E-state index is 13.2. The van der Waals surface area contributed by atoms with Crippen molar-refractivity contribution in [1.82, 2.24) is 0 Å². The van der Waals surface area contributed by atoms with Crippen LogP contribution in [0.3, 0.4) is 0 Å². The fraction of sp³-hybridized carbons (Fsp3) is 0.417. The fourth-order valence-corrected chi connectivity index (χ4v) is 2.28. The molecule has 0 aliphatic carbocycles. The first-order chi connectivity index (χ1) is 9.06. The second-order valence-corrected chi connectivity index (χ2v) is 5.17. The number of benzene rings is 1. The van der Waals surface area contributed by atoms with E-state index in [1.54, 1.807) is 7.11 Å². The second-order valence-electron chi connectivity index (χ2n) is 3.60. The van der Waals surface area contributed by atoms with Crippen molar-refractivity contribution in [3.05, 3.63) is 29.6 Å². The molecule has 0 heterocycles. The lowest BCUT2D eigenvalue weighted by molar-refractivity contribution is 0.0691. The van der Waals surface area contributed by atoms with E-state index in [0.29, 0.717) is 13.2 Å². The van der Waals surface area contributed by atoms with Gasteiger partial charge in [0.2, 0.25) is 0 Å². The third-order valence-corrected chi connectivity index (χ3v) is 3.59. The van der Waals surface area contributed by atoms with E-state index in [0.717, 1.165) is 12.1 Å². The average molecular weight is 290 g/mol. The zero-order chi connectivity index (χ0) is 14.3. The molecular weight excluding hydrogens is 275 g/mol. The topological polar surface area (TPSA) is 72.8 Å². The van der Waals surface area contributed by atoms with Gasteiger partial charge in [0, 0.05) is 12.0 Å². The van der Waals surface area contributed by atoms with E-state index in [2.05, 4.69) is 0 Å². The Morgan fingerprint density at radius 2 is 2.11 bits per heavy atom. The number of ether oxygens (including phenoxy) is 2. The number of rotatable bonds is 8. The van der Waals surface area contributed by atoms with Crippen LogP contribution in [0.15, 0.2) is 23.1 Å². The van der Waals surface area contributed by atoms with Gasteiger partial charge in [0.15, 0.2) is 0 Å². The number of aromatic carboxylic acids is 1. The highest BCUT2D eigenvalue weighted by Gasteiger charge is 2.13. The summed E-state index contributed by atoms with van der Waals surface area (Å²) in [4.78, 5) is 11.0. The molecule has 1 unspecified atom stereocenters. The molecular formula is C12H15FO5S. The van der Waals surface area contributed by atoms with Crippen molar-refractivity contribution in [3.63, 3.8) is 0 Å². The summed E-state index contributed by atoms with van der Waals surface area (Å²) in [5, 5.41) is 8.77. The van der Waals surface area contributed by atoms with Crippen LogP contribution in [0, 0.1) is 5.82 Å². The molecule has 1 rings (SSSR count). The number of hydrogen-bond donors (Lipinski definition) is 1. The standard InChI is InChI=1S/C12H15FO5S/c1-17-4-5-18-6-7-19(16)9-2-3-11(13)10(8-9)12(14)15/h2-3,8H,4-7H2,1H3,(H,14,15). The van der Waals surface area contributed by atoms with Gasteiger partial charge in [-0.1, -0.05) is 0 Å². The molecule has 0 bridgehead atoms. The number of carbonyl (C=O) groups is 1. The van der Waals surface area contributed by atoms with Gasteiger partial charge in [0.25, 0.3) is 0 Å². The highest BCUT2D eigenvalue weighted by Crippen LogP contribution is 2.14. The average Bonchev–Trinajstić information content (AvgIpc) is 2.38. The Kier molecular flexibility index (Phi) is 6.61. The normalized spacial score (nSPS) is 12.3. The molecule has 0 fully saturated rings. The summed E-state index contributed by atoms with van der Waals surface area (Å²) in [5.41, 5.74) is -0.480. The first-order valence-corrected chi connectivity index (χ1v) is 6.86. The van der Waals surface area contributed by atoms with Gasteiger partial charge in [-0.25, -0.2) is 9.18 Å². The van der Waals surface area contributed by atoms with Crippen LogP contribution in [0.4, 0.5) is 4.39 Å². The Hall–Kier alpha value is -1.31. The van der Waals surface area contributed by atoms with Crippen LogP contribution in [-0.2, 0) is 20.3 Å². The van der Waals surface area contributed by atoms with Crippen LogP contribution in [0.25, 0.3) is 0 Å². The van der Waals surface area contributed by atoms with E-state index in [1.165, 1.54) is 6.07 Å². The van der Waals surface area contributed by atoms with Crippen molar-refractivity contribution >= 4 is 16.8 Å². The minimum Gasteiger partial charge on any atom is -0.478 e. The maximum absolute atomic E-state index is 13.2. The Labute approximate surface area is 112 Å². The molecule has 0 radical (unpaired) electrons. The molecule has 1 aromatic carbocycles. The summed E-state index contributed by atoms with van der Waals surface area (Å²) >= 11 is 0. The summed E-state index contributed by atoms with van der Waals surface area (Å²) in [6, 6.07) is 3.40. The van der Waals surface area contributed by atoms with Gasteiger partial charge in [-0.2, -0.15) is 0 Å². The van der Waals surface area contributed by atoms with Crippen LogP contribution in [0.5, 0.6) is 0 Å². The summed E-state index contributed by atoms with van der Waals surface area (Å²) in [6.07, 6.45) is 0. The summed E-state index contributed by atoms with van der Waals surface area (Å²) in [5.74, 6) is -2.01. The quantitative estimate of drug-likeness (QED) is 0.730. The first-order valence-electron chi connectivity index (χ1n) is 5.54. The van der Waals surface area contributed by atoms with Crippen LogP contribution in [-0.4, -0.2) is 48.0 Å². The lowest BCUT2D eigenvalue weighted by atomic mass is 10.2. The third kappa shape index (κ3) is 5.06. The van der Waals surface area contributed by atoms with Gasteiger partial charge < -0.3 is 14.6 Å². The van der Waals surface area contributed by atoms with Gasteiger partial charge in [-0.3, -0.25) is 4.21 Å². The number of carboxylic acids is 1. The van der Waals surface area contributed by atoms with E-state index in [4.69, 9.17) is 14.6 Å². The van der Waals surface area contributed by atoms with E-state index in [9.17, 15) is 13.4 Å². The number of carboxylic acid groups (broad SMARTS) is 1. The zero-order valence-electron chi connectivity index (χ0n) is 10.4. The molecule has 1 atom stereocenters. The molecule has 0 aliphatic rings. The lowest BCUT2D eigenvalue weighted by Crippen LogP contribution is -2.10. The predicted molar refractivity (Wildman–Crippen MR) is 67.3 cm³/mol. The van der Waals surface area contributed by atoms with Crippen molar-refractivity contribution in [2.45, 2.75) is 4.90 Å². The second kappa shape index (κ2) is 7.98. The highest BCUT2D eigenvalue weighted by atomic mass is 32.2. The van der Waals surface area contributed by atoms with Crippen molar-refractivity contribution in [3.8, 4) is 0 Å². The zero-order valence-corrected chi connectivity index (χ0v) is 11.2. The predicted octanol–water partition coefficient (Wildman–Crippen LogP) is 1.29. The minimum atomic E-state index is -1.42. The van der Waals surface area contributed by atoms with E-state index < -0.39 is 28.1 Å². The van der Waals surface area contributed by atoms with Crippen molar-refractivity contribution < 1.29 is 28.0 Å². The Balaban J connectivity index is 2.57. The molecule has 106 valence electrons. The van der Waals surface area contributed by atoms with E-state index in [1.807, 2.05) is 0 Å². The molecule has 0 amide bonds. The van der Waals surface area contributed by atoms with Crippen LogP contribution >= 0.6 is 0 Å². The van der Waals surface area contributed by atoms with Crippen molar-refractivity contribution in [1.29, 1.82) is 0 Å². The van der Waals surface area contributed by atoms with E-state index >= 15 is 0 Å². The molecule has 1 aromatic rings. The third-order valence-electron chi connectivity index (χ3n) is 2.28. The molecule has 7 heteroatoms. The summed E-state index contributed by atoms with van der Waals surface area (Å²) < 4.78 is 34.9. The fourth-order valence-electron chi connectivity index (χ4n) is 1.31. The SMILES string of the molecule is COCCOCCS(=O)c1ccc(F)c(C(=O)O)c1. The van der Waals surface area contributed by atoms with Gasteiger partial charge in [-0.15, -0.1) is 0 Å². The number of hydrogen-bond acceptors (Lipinski definition) is 4. The Morgan fingerprint density at radius 1 is 1.37 bits per heavy atom. The molecule has 0 saturated heterocycles. The van der Waals surface area contributed by atoms with Crippen molar-refractivity contribution in [2.75, 3.05) is 32.7 Å². The largest absolute Gasteiger partial charge is 0.478 e.